The highest BCUT2D eigenvalue weighted by Crippen LogP contribution is 2.32. The first-order valence-corrected chi connectivity index (χ1v) is 5.24. The lowest BCUT2D eigenvalue weighted by Crippen LogP contribution is -2.22. The summed E-state index contributed by atoms with van der Waals surface area (Å²) >= 11 is 0. The molecule has 2 heteroatoms. The van der Waals surface area contributed by atoms with Gasteiger partial charge in [-0.1, -0.05) is 24.1 Å². The van der Waals surface area contributed by atoms with Crippen molar-refractivity contribution in [3.8, 4) is 17.6 Å². The quantitative estimate of drug-likeness (QED) is 0.594. The van der Waals surface area contributed by atoms with E-state index >= 15 is 0 Å². The van der Waals surface area contributed by atoms with E-state index < -0.39 is 0 Å². The zero-order valence-electron chi connectivity index (χ0n) is 8.92. The van der Waals surface area contributed by atoms with Crippen molar-refractivity contribution in [1.82, 2.24) is 5.32 Å². The Bertz CT molecular complexity index is 389. The summed E-state index contributed by atoms with van der Waals surface area (Å²) in [5.74, 6) is 7.37. The number of hydrogen-bond acceptors (Lipinski definition) is 2. The molecule has 1 heterocycles. The number of nitrogens with one attached hydrogen (secondary N) is 1. The maximum absolute atomic E-state index is 5.59. The third-order valence-corrected chi connectivity index (χ3v) is 2.58. The predicted octanol–water partition coefficient (Wildman–Crippen LogP) is 1.78. The molecule has 15 heavy (non-hydrogen) atoms. The van der Waals surface area contributed by atoms with E-state index in [1.807, 2.05) is 19.1 Å². The normalized spacial score (nSPS) is 17.5. The van der Waals surface area contributed by atoms with Crippen LogP contribution in [-0.4, -0.2) is 19.7 Å². The first kappa shape index (κ1) is 10.1. The Morgan fingerprint density at radius 3 is 3.20 bits per heavy atom. The lowest BCUT2D eigenvalue weighted by atomic mass is 10.0. The Morgan fingerprint density at radius 2 is 2.33 bits per heavy atom. The van der Waals surface area contributed by atoms with Crippen LogP contribution in [0.2, 0.25) is 0 Å². The Balaban J connectivity index is 1.92. The molecule has 1 aliphatic rings. The minimum Gasteiger partial charge on any atom is -0.493 e. The molecule has 1 unspecified atom stereocenters. The van der Waals surface area contributed by atoms with Gasteiger partial charge in [0.1, 0.15) is 5.75 Å². The van der Waals surface area contributed by atoms with Crippen molar-refractivity contribution in [2.24, 2.45) is 0 Å². The molecule has 1 aromatic rings. The maximum Gasteiger partial charge on any atom is 0.122 e. The smallest absolute Gasteiger partial charge is 0.122 e. The molecule has 78 valence electrons. The molecule has 0 saturated carbocycles. The second-order valence-electron chi connectivity index (χ2n) is 3.60. The summed E-state index contributed by atoms with van der Waals surface area (Å²) in [6, 6.07) is 8.24. The third kappa shape index (κ3) is 2.31. The molecule has 0 saturated heterocycles. The molecule has 2 nitrogen and oxygen atoms in total. The fraction of sp³-hybridized carbons (Fsp3) is 0.385. The number of para-hydroxylation sites is 1. The van der Waals surface area contributed by atoms with Gasteiger partial charge in [-0.3, -0.25) is 0 Å². The van der Waals surface area contributed by atoms with Gasteiger partial charge in [0.05, 0.1) is 13.2 Å². The second kappa shape index (κ2) is 4.86. The van der Waals surface area contributed by atoms with Crippen molar-refractivity contribution in [2.75, 3.05) is 19.7 Å². The summed E-state index contributed by atoms with van der Waals surface area (Å²) in [4.78, 5) is 0. The highest BCUT2D eigenvalue weighted by atomic mass is 16.5. The lowest BCUT2D eigenvalue weighted by Gasteiger charge is -2.07. The van der Waals surface area contributed by atoms with Crippen LogP contribution in [0.3, 0.4) is 0 Å². The van der Waals surface area contributed by atoms with Crippen molar-refractivity contribution in [1.29, 1.82) is 0 Å². The van der Waals surface area contributed by atoms with Gasteiger partial charge in [0, 0.05) is 18.0 Å². The van der Waals surface area contributed by atoms with Crippen LogP contribution in [0.15, 0.2) is 24.3 Å². The van der Waals surface area contributed by atoms with Crippen LogP contribution in [0.5, 0.6) is 5.75 Å². The number of ether oxygens (including phenoxy) is 1. The molecule has 1 N–H and O–H groups in total. The highest BCUT2D eigenvalue weighted by molar-refractivity contribution is 5.39. The molecule has 0 fully saturated rings. The molecule has 1 atom stereocenters. The van der Waals surface area contributed by atoms with E-state index in [4.69, 9.17) is 4.74 Å². The fourth-order valence-corrected chi connectivity index (χ4v) is 1.80. The van der Waals surface area contributed by atoms with Gasteiger partial charge in [0.15, 0.2) is 0 Å². The zero-order chi connectivity index (χ0) is 10.5. The average molecular weight is 201 g/mol. The van der Waals surface area contributed by atoms with Gasteiger partial charge in [-0.25, -0.2) is 0 Å². The van der Waals surface area contributed by atoms with Gasteiger partial charge >= 0.3 is 0 Å². The van der Waals surface area contributed by atoms with Gasteiger partial charge in [0.2, 0.25) is 0 Å². The van der Waals surface area contributed by atoms with Crippen LogP contribution in [0.25, 0.3) is 0 Å². The molecule has 0 amide bonds. The van der Waals surface area contributed by atoms with E-state index in [0.29, 0.717) is 5.92 Å². The van der Waals surface area contributed by atoms with Crippen LogP contribution >= 0.6 is 0 Å². The summed E-state index contributed by atoms with van der Waals surface area (Å²) in [7, 11) is 0. The Kier molecular flexibility index (Phi) is 3.26. The second-order valence-corrected chi connectivity index (χ2v) is 3.60. The SMILES string of the molecule is CC#CCNCC1COc2ccccc21. The standard InChI is InChI=1S/C13H15NO/c1-2-3-8-14-9-11-10-15-13-7-5-4-6-12(11)13/h4-7,11,14H,8-10H2,1H3. The van der Waals surface area contributed by atoms with Gasteiger partial charge in [-0.15, -0.1) is 5.92 Å². The molecular formula is C13H15NO. The summed E-state index contributed by atoms with van der Waals surface area (Å²) in [5.41, 5.74) is 1.31. The molecule has 0 aliphatic carbocycles. The van der Waals surface area contributed by atoms with Crippen molar-refractivity contribution >= 4 is 0 Å². The number of fused-ring (bicyclic) bond motifs is 1. The van der Waals surface area contributed by atoms with Crippen molar-refractivity contribution in [3.63, 3.8) is 0 Å². The first-order valence-electron chi connectivity index (χ1n) is 5.24. The van der Waals surface area contributed by atoms with Gasteiger partial charge in [-0.2, -0.15) is 0 Å². The molecule has 0 aromatic heterocycles. The van der Waals surface area contributed by atoms with Crippen LogP contribution in [-0.2, 0) is 0 Å². The predicted molar refractivity (Wildman–Crippen MR) is 61.0 cm³/mol. The first-order chi connectivity index (χ1) is 7.42. The lowest BCUT2D eigenvalue weighted by molar-refractivity contribution is 0.328. The fourth-order valence-electron chi connectivity index (χ4n) is 1.80. The molecule has 1 aromatic carbocycles. The zero-order valence-corrected chi connectivity index (χ0v) is 8.92. The Morgan fingerprint density at radius 1 is 1.47 bits per heavy atom. The van der Waals surface area contributed by atoms with Crippen LogP contribution in [0.4, 0.5) is 0 Å². The largest absolute Gasteiger partial charge is 0.493 e. The van der Waals surface area contributed by atoms with E-state index in [9.17, 15) is 0 Å². The summed E-state index contributed by atoms with van der Waals surface area (Å²) in [6.45, 7) is 4.34. The van der Waals surface area contributed by atoms with Crippen LogP contribution < -0.4 is 10.1 Å². The van der Waals surface area contributed by atoms with E-state index in [2.05, 4.69) is 29.3 Å². The molecule has 0 spiro atoms. The van der Waals surface area contributed by atoms with Gasteiger partial charge in [0.25, 0.3) is 0 Å². The number of hydrogen-bond donors (Lipinski definition) is 1. The summed E-state index contributed by atoms with van der Waals surface area (Å²) in [5, 5.41) is 3.32. The summed E-state index contributed by atoms with van der Waals surface area (Å²) < 4.78 is 5.59. The summed E-state index contributed by atoms with van der Waals surface area (Å²) in [6.07, 6.45) is 0. The molecule has 1 aliphatic heterocycles. The van der Waals surface area contributed by atoms with E-state index in [1.54, 1.807) is 0 Å². The van der Waals surface area contributed by atoms with E-state index in [0.717, 1.165) is 25.4 Å². The monoisotopic (exact) mass is 201 g/mol. The maximum atomic E-state index is 5.59. The minimum atomic E-state index is 0.472. The number of benzene rings is 1. The van der Waals surface area contributed by atoms with Gasteiger partial charge < -0.3 is 10.1 Å². The molecule has 2 rings (SSSR count). The third-order valence-electron chi connectivity index (χ3n) is 2.58. The van der Waals surface area contributed by atoms with E-state index in [1.165, 1.54) is 5.56 Å². The average Bonchev–Trinajstić information content (AvgIpc) is 2.68. The van der Waals surface area contributed by atoms with Gasteiger partial charge in [-0.05, 0) is 13.0 Å². The highest BCUT2D eigenvalue weighted by Gasteiger charge is 2.22. The Hall–Kier alpha value is -1.46. The topological polar surface area (TPSA) is 21.3 Å². The Labute approximate surface area is 90.6 Å². The van der Waals surface area contributed by atoms with Crippen molar-refractivity contribution < 1.29 is 4.74 Å². The van der Waals surface area contributed by atoms with Crippen LogP contribution in [0, 0.1) is 11.8 Å². The molecule has 0 bridgehead atoms. The number of rotatable bonds is 3. The molecular weight excluding hydrogens is 186 g/mol. The van der Waals surface area contributed by atoms with Crippen molar-refractivity contribution in [2.45, 2.75) is 12.8 Å². The molecule has 0 radical (unpaired) electrons. The van der Waals surface area contributed by atoms with Crippen molar-refractivity contribution in [3.05, 3.63) is 29.8 Å². The minimum absolute atomic E-state index is 0.472. The van der Waals surface area contributed by atoms with Crippen LogP contribution in [0.1, 0.15) is 18.4 Å². The van der Waals surface area contributed by atoms with E-state index in [-0.39, 0.29) is 0 Å².